The summed E-state index contributed by atoms with van der Waals surface area (Å²) in [5, 5.41) is 0. The van der Waals surface area contributed by atoms with E-state index in [-0.39, 0.29) is 0 Å². The van der Waals surface area contributed by atoms with Crippen molar-refractivity contribution in [1.29, 1.82) is 0 Å². The highest BCUT2D eigenvalue weighted by Crippen LogP contribution is 2.26. The molecule has 0 saturated carbocycles. The molecule has 1 N–H and O–H groups in total. The van der Waals surface area contributed by atoms with Gasteiger partial charge in [-0.3, -0.25) is 0 Å². The van der Waals surface area contributed by atoms with Crippen LogP contribution in [0.2, 0.25) is 0 Å². The lowest BCUT2D eigenvalue weighted by atomic mass is 10.2. The summed E-state index contributed by atoms with van der Waals surface area (Å²) in [6.07, 6.45) is 3.51. The lowest BCUT2D eigenvalue weighted by Crippen LogP contribution is -2.08. The van der Waals surface area contributed by atoms with Crippen LogP contribution in [0.3, 0.4) is 0 Å². The zero-order chi connectivity index (χ0) is 12.6. The first-order chi connectivity index (χ1) is 8.92. The third-order valence-electron chi connectivity index (χ3n) is 2.35. The Labute approximate surface area is 111 Å². The van der Waals surface area contributed by atoms with E-state index in [0.717, 1.165) is 17.1 Å². The van der Waals surface area contributed by atoms with E-state index >= 15 is 0 Å². The maximum absolute atomic E-state index is 5.68. The Kier molecular flexibility index (Phi) is 5.05. The molecule has 0 aliphatic carbocycles. The number of hydrogen-bond acceptors (Lipinski definition) is 3. The molecule has 0 aliphatic rings. The first-order valence-corrected chi connectivity index (χ1v) is 6.30. The molecule has 0 aliphatic heterocycles. The van der Waals surface area contributed by atoms with Gasteiger partial charge in [-0.1, -0.05) is 12.1 Å². The molecule has 0 unspecified atom stereocenters. The van der Waals surface area contributed by atoms with E-state index in [1.165, 1.54) is 0 Å². The van der Waals surface area contributed by atoms with Crippen LogP contribution in [0.15, 0.2) is 36.7 Å². The number of imidazole rings is 1. The second kappa shape index (κ2) is 7.03. The summed E-state index contributed by atoms with van der Waals surface area (Å²) >= 11 is 5.51. The molecule has 0 bridgehead atoms. The van der Waals surface area contributed by atoms with Gasteiger partial charge in [-0.25, -0.2) is 4.98 Å². The minimum Gasteiger partial charge on any atom is -0.490 e. The first kappa shape index (κ1) is 12.9. The number of benzene rings is 1. The van der Waals surface area contributed by atoms with Crippen LogP contribution in [0.5, 0.6) is 5.75 Å². The molecule has 1 heterocycles. The normalized spacial score (nSPS) is 10.5. The van der Waals surface area contributed by atoms with Crippen molar-refractivity contribution in [3.8, 4) is 17.1 Å². The molecule has 2 rings (SSSR count). The van der Waals surface area contributed by atoms with Gasteiger partial charge in [-0.05, 0) is 12.1 Å². The average molecular weight is 267 g/mol. The van der Waals surface area contributed by atoms with Gasteiger partial charge in [0.2, 0.25) is 0 Å². The molecule has 1 aromatic heterocycles. The van der Waals surface area contributed by atoms with E-state index in [1.807, 2.05) is 24.3 Å². The number of hydrogen-bond donors (Lipinski definition) is 1. The standard InChI is InChI=1S/C13H15ClN2O2/c14-5-8-17-9-10-18-12-4-2-1-3-11(12)13-15-6-7-16-13/h1-4,6-7H,5,8-10H2,(H,15,16). The number of halogens is 1. The topological polar surface area (TPSA) is 47.1 Å². The summed E-state index contributed by atoms with van der Waals surface area (Å²) in [6, 6.07) is 7.77. The number of ether oxygens (including phenoxy) is 2. The SMILES string of the molecule is ClCCOCCOc1ccccc1-c1ncc[nH]1. The number of H-pyrrole nitrogens is 1. The van der Waals surface area contributed by atoms with Crippen LogP contribution < -0.4 is 4.74 Å². The van der Waals surface area contributed by atoms with Crippen molar-refractivity contribution in [3.63, 3.8) is 0 Å². The fourth-order valence-electron chi connectivity index (χ4n) is 1.57. The van der Waals surface area contributed by atoms with Gasteiger partial charge < -0.3 is 14.5 Å². The maximum atomic E-state index is 5.68. The van der Waals surface area contributed by atoms with Crippen molar-refractivity contribution in [2.24, 2.45) is 0 Å². The Morgan fingerprint density at radius 3 is 2.83 bits per heavy atom. The fraction of sp³-hybridized carbons (Fsp3) is 0.308. The predicted molar refractivity (Wildman–Crippen MR) is 71.1 cm³/mol. The molecule has 0 fully saturated rings. The molecular formula is C13H15ClN2O2. The van der Waals surface area contributed by atoms with Crippen LogP contribution >= 0.6 is 11.6 Å². The van der Waals surface area contributed by atoms with Crippen LogP contribution in [0.25, 0.3) is 11.4 Å². The Balaban J connectivity index is 1.96. The Morgan fingerprint density at radius 2 is 2.06 bits per heavy atom. The summed E-state index contributed by atoms with van der Waals surface area (Å²) in [5.74, 6) is 2.09. The summed E-state index contributed by atoms with van der Waals surface area (Å²) in [5.41, 5.74) is 0.944. The molecule has 0 radical (unpaired) electrons. The van der Waals surface area contributed by atoms with Gasteiger partial charge >= 0.3 is 0 Å². The predicted octanol–water partition coefficient (Wildman–Crippen LogP) is 2.71. The van der Waals surface area contributed by atoms with Crippen molar-refractivity contribution in [2.75, 3.05) is 25.7 Å². The van der Waals surface area contributed by atoms with Gasteiger partial charge in [0.05, 0.1) is 18.8 Å². The van der Waals surface area contributed by atoms with Crippen molar-refractivity contribution in [1.82, 2.24) is 9.97 Å². The number of nitrogens with zero attached hydrogens (tertiary/aromatic N) is 1. The average Bonchev–Trinajstić information content (AvgIpc) is 2.93. The Bertz CT molecular complexity index is 460. The third-order valence-corrected chi connectivity index (χ3v) is 2.50. The highest BCUT2D eigenvalue weighted by atomic mass is 35.5. The van der Waals surface area contributed by atoms with Crippen LogP contribution in [0, 0.1) is 0 Å². The van der Waals surface area contributed by atoms with Gasteiger partial charge in [0.1, 0.15) is 18.2 Å². The monoisotopic (exact) mass is 266 g/mol. The number of alkyl halides is 1. The molecule has 1 aromatic carbocycles. The van der Waals surface area contributed by atoms with Gasteiger partial charge in [-0.15, -0.1) is 11.6 Å². The van der Waals surface area contributed by atoms with E-state index < -0.39 is 0 Å². The van der Waals surface area contributed by atoms with Crippen LogP contribution in [-0.4, -0.2) is 35.7 Å². The number of rotatable bonds is 7. The zero-order valence-corrected chi connectivity index (χ0v) is 10.7. The number of para-hydroxylation sites is 1. The first-order valence-electron chi connectivity index (χ1n) is 5.77. The van der Waals surface area contributed by atoms with E-state index in [2.05, 4.69) is 9.97 Å². The van der Waals surface area contributed by atoms with Gasteiger partial charge in [0.15, 0.2) is 0 Å². The van der Waals surface area contributed by atoms with E-state index in [1.54, 1.807) is 12.4 Å². The zero-order valence-electron chi connectivity index (χ0n) is 9.93. The second-order valence-electron chi connectivity index (χ2n) is 3.58. The van der Waals surface area contributed by atoms with Crippen molar-refractivity contribution in [3.05, 3.63) is 36.7 Å². The van der Waals surface area contributed by atoms with Crippen molar-refractivity contribution < 1.29 is 9.47 Å². The molecule has 0 saturated heterocycles. The molecule has 96 valence electrons. The summed E-state index contributed by atoms with van der Waals surface area (Å²) in [4.78, 5) is 7.29. The Hall–Kier alpha value is -1.52. The lowest BCUT2D eigenvalue weighted by molar-refractivity contribution is 0.111. The molecule has 0 atom stereocenters. The minimum absolute atomic E-state index is 0.495. The molecule has 0 spiro atoms. The minimum atomic E-state index is 0.495. The molecular weight excluding hydrogens is 252 g/mol. The largest absolute Gasteiger partial charge is 0.490 e. The smallest absolute Gasteiger partial charge is 0.141 e. The summed E-state index contributed by atoms with van der Waals surface area (Å²) in [7, 11) is 0. The summed E-state index contributed by atoms with van der Waals surface area (Å²) in [6.45, 7) is 1.57. The van der Waals surface area contributed by atoms with Crippen LogP contribution in [-0.2, 0) is 4.74 Å². The lowest BCUT2D eigenvalue weighted by Gasteiger charge is -2.09. The van der Waals surface area contributed by atoms with Gasteiger partial charge in [0.25, 0.3) is 0 Å². The molecule has 2 aromatic rings. The van der Waals surface area contributed by atoms with E-state index in [4.69, 9.17) is 21.1 Å². The maximum Gasteiger partial charge on any atom is 0.141 e. The van der Waals surface area contributed by atoms with E-state index in [9.17, 15) is 0 Å². The van der Waals surface area contributed by atoms with Gasteiger partial charge in [-0.2, -0.15) is 0 Å². The Morgan fingerprint density at radius 1 is 1.17 bits per heavy atom. The third kappa shape index (κ3) is 3.48. The molecule has 18 heavy (non-hydrogen) atoms. The highest BCUT2D eigenvalue weighted by Gasteiger charge is 2.07. The number of aromatic amines is 1. The number of nitrogens with one attached hydrogen (secondary N) is 1. The highest BCUT2D eigenvalue weighted by molar-refractivity contribution is 6.17. The van der Waals surface area contributed by atoms with Crippen LogP contribution in [0.1, 0.15) is 0 Å². The van der Waals surface area contributed by atoms with Crippen molar-refractivity contribution in [2.45, 2.75) is 0 Å². The molecule has 0 amide bonds. The quantitative estimate of drug-likeness (QED) is 0.619. The second-order valence-corrected chi connectivity index (χ2v) is 3.96. The van der Waals surface area contributed by atoms with E-state index in [0.29, 0.717) is 25.7 Å². The van der Waals surface area contributed by atoms with Crippen LogP contribution in [0.4, 0.5) is 0 Å². The van der Waals surface area contributed by atoms with Gasteiger partial charge in [0, 0.05) is 18.3 Å². The summed E-state index contributed by atoms with van der Waals surface area (Å²) < 4.78 is 10.9. The number of aromatic nitrogens is 2. The fourth-order valence-corrected chi connectivity index (χ4v) is 1.68. The van der Waals surface area contributed by atoms with Crippen molar-refractivity contribution >= 4 is 11.6 Å². The molecule has 4 nitrogen and oxygen atoms in total. The molecule has 5 heteroatoms.